The Hall–Kier alpha value is -3.06. The molecule has 2 amide bonds. The number of hydrogen-bond acceptors (Lipinski definition) is 5. The number of benzene rings is 2. The fourth-order valence-corrected chi connectivity index (χ4v) is 2.59. The minimum atomic E-state index is -0.585. The van der Waals surface area contributed by atoms with Crippen LogP contribution in [0.5, 0.6) is 11.5 Å². The standard InChI is InChI=1S/C18H18N2O5/c21-17-9-11-25-16-4-2-1-3-15(16)20(17)10-12-24-14-7-5-13(6-8-14)18(22)19-23/h1-8,23H,9-12H2,(H,19,22). The summed E-state index contributed by atoms with van der Waals surface area (Å²) in [5.41, 5.74) is 2.63. The molecule has 0 unspecified atom stereocenters. The van der Waals surface area contributed by atoms with Gasteiger partial charge in [-0.2, -0.15) is 0 Å². The Morgan fingerprint density at radius 2 is 1.96 bits per heavy atom. The predicted molar refractivity (Wildman–Crippen MR) is 90.1 cm³/mol. The van der Waals surface area contributed by atoms with Crippen molar-refractivity contribution in [1.29, 1.82) is 0 Å². The fraction of sp³-hybridized carbons (Fsp3) is 0.222. The largest absolute Gasteiger partial charge is 0.492 e. The highest BCUT2D eigenvalue weighted by Gasteiger charge is 2.22. The van der Waals surface area contributed by atoms with E-state index in [2.05, 4.69) is 0 Å². The lowest BCUT2D eigenvalue weighted by Crippen LogP contribution is -2.34. The van der Waals surface area contributed by atoms with E-state index in [4.69, 9.17) is 14.7 Å². The summed E-state index contributed by atoms with van der Waals surface area (Å²) in [7, 11) is 0. The smallest absolute Gasteiger partial charge is 0.274 e. The molecule has 1 aliphatic rings. The third-order valence-electron chi connectivity index (χ3n) is 3.83. The lowest BCUT2D eigenvalue weighted by atomic mass is 10.2. The Bertz CT molecular complexity index is 760. The van der Waals surface area contributed by atoms with E-state index in [0.29, 0.717) is 43.2 Å². The number of para-hydroxylation sites is 2. The lowest BCUT2D eigenvalue weighted by Gasteiger charge is -2.22. The summed E-state index contributed by atoms with van der Waals surface area (Å²) in [5.74, 6) is 0.663. The van der Waals surface area contributed by atoms with Crippen LogP contribution in [0.1, 0.15) is 16.8 Å². The second-order valence-electron chi connectivity index (χ2n) is 5.43. The van der Waals surface area contributed by atoms with E-state index in [9.17, 15) is 9.59 Å². The molecule has 130 valence electrons. The highest BCUT2D eigenvalue weighted by atomic mass is 16.5. The zero-order chi connectivity index (χ0) is 17.6. The van der Waals surface area contributed by atoms with Gasteiger partial charge in [0, 0.05) is 5.56 Å². The SMILES string of the molecule is O=C(NO)c1ccc(OCCN2C(=O)CCOc3ccccc32)cc1. The van der Waals surface area contributed by atoms with Gasteiger partial charge in [0.05, 0.1) is 25.3 Å². The van der Waals surface area contributed by atoms with Crippen LogP contribution in [0.3, 0.4) is 0 Å². The Labute approximate surface area is 144 Å². The number of rotatable bonds is 5. The molecule has 2 aromatic carbocycles. The monoisotopic (exact) mass is 342 g/mol. The van der Waals surface area contributed by atoms with Crippen LogP contribution in [0.2, 0.25) is 0 Å². The van der Waals surface area contributed by atoms with Crippen molar-refractivity contribution >= 4 is 17.5 Å². The molecule has 3 rings (SSSR count). The average Bonchev–Trinajstić information content (AvgIpc) is 2.80. The first-order valence-electron chi connectivity index (χ1n) is 7.88. The molecule has 1 heterocycles. The Balaban J connectivity index is 1.63. The highest BCUT2D eigenvalue weighted by molar-refractivity contribution is 5.95. The van der Waals surface area contributed by atoms with Gasteiger partial charge in [-0.1, -0.05) is 12.1 Å². The summed E-state index contributed by atoms with van der Waals surface area (Å²) in [6.45, 7) is 1.05. The zero-order valence-electron chi connectivity index (χ0n) is 13.5. The van der Waals surface area contributed by atoms with E-state index in [0.717, 1.165) is 5.69 Å². The molecule has 1 aliphatic heterocycles. The summed E-state index contributed by atoms with van der Waals surface area (Å²) in [6, 6.07) is 13.8. The summed E-state index contributed by atoms with van der Waals surface area (Å²) in [4.78, 5) is 25.2. The molecule has 0 aliphatic carbocycles. The van der Waals surface area contributed by atoms with Crippen LogP contribution in [-0.4, -0.2) is 36.8 Å². The van der Waals surface area contributed by atoms with Gasteiger partial charge in [-0.05, 0) is 36.4 Å². The molecule has 0 saturated heterocycles. The number of amides is 2. The molecule has 0 aromatic heterocycles. The van der Waals surface area contributed by atoms with E-state index in [1.165, 1.54) is 0 Å². The summed E-state index contributed by atoms with van der Waals surface area (Å²) < 4.78 is 11.3. The lowest BCUT2D eigenvalue weighted by molar-refractivity contribution is -0.118. The van der Waals surface area contributed by atoms with Crippen LogP contribution in [-0.2, 0) is 4.79 Å². The first-order chi connectivity index (χ1) is 12.2. The maximum Gasteiger partial charge on any atom is 0.274 e. The molecule has 0 saturated carbocycles. The van der Waals surface area contributed by atoms with Gasteiger partial charge in [-0.3, -0.25) is 14.8 Å². The second-order valence-corrected chi connectivity index (χ2v) is 5.43. The van der Waals surface area contributed by atoms with Crippen molar-refractivity contribution in [2.75, 3.05) is 24.7 Å². The van der Waals surface area contributed by atoms with Gasteiger partial charge < -0.3 is 14.4 Å². The summed E-state index contributed by atoms with van der Waals surface area (Å²) in [5, 5.41) is 8.59. The molecule has 2 aromatic rings. The fourth-order valence-electron chi connectivity index (χ4n) is 2.59. The minimum absolute atomic E-state index is 0.0106. The first-order valence-corrected chi connectivity index (χ1v) is 7.88. The van der Waals surface area contributed by atoms with Gasteiger partial charge in [0.2, 0.25) is 5.91 Å². The van der Waals surface area contributed by atoms with Gasteiger partial charge in [0.1, 0.15) is 18.1 Å². The number of ether oxygens (including phenoxy) is 2. The zero-order valence-corrected chi connectivity index (χ0v) is 13.5. The van der Waals surface area contributed by atoms with E-state index < -0.39 is 5.91 Å². The number of hydroxylamine groups is 1. The number of carbonyl (C=O) groups excluding carboxylic acids is 2. The van der Waals surface area contributed by atoms with Gasteiger partial charge in [-0.25, -0.2) is 5.48 Å². The average molecular weight is 342 g/mol. The van der Waals surface area contributed by atoms with Crippen LogP contribution < -0.4 is 19.9 Å². The molecule has 0 spiro atoms. The quantitative estimate of drug-likeness (QED) is 0.641. The number of fused-ring (bicyclic) bond motifs is 1. The highest BCUT2D eigenvalue weighted by Crippen LogP contribution is 2.30. The molecule has 2 N–H and O–H groups in total. The molecule has 25 heavy (non-hydrogen) atoms. The summed E-state index contributed by atoms with van der Waals surface area (Å²) >= 11 is 0. The van der Waals surface area contributed by atoms with Crippen molar-refractivity contribution in [2.24, 2.45) is 0 Å². The number of hydrogen-bond donors (Lipinski definition) is 2. The van der Waals surface area contributed by atoms with Gasteiger partial charge in [-0.15, -0.1) is 0 Å². The Kier molecular flexibility index (Phi) is 5.15. The molecule has 0 fully saturated rings. The van der Waals surface area contributed by atoms with E-state index >= 15 is 0 Å². The third-order valence-corrected chi connectivity index (χ3v) is 3.83. The van der Waals surface area contributed by atoms with Gasteiger partial charge in [0.25, 0.3) is 5.91 Å². The topological polar surface area (TPSA) is 88.1 Å². The van der Waals surface area contributed by atoms with Crippen LogP contribution in [0.15, 0.2) is 48.5 Å². The van der Waals surface area contributed by atoms with E-state index in [-0.39, 0.29) is 5.91 Å². The van der Waals surface area contributed by atoms with Crippen molar-refractivity contribution in [3.05, 3.63) is 54.1 Å². The first kappa shape index (κ1) is 16.8. The Morgan fingerprint density at radius 1 is 1.20 bits per heavy atom. The van der Waals surface area contributed by atoms with E-state index in [1.54, 1.807) is 34.6 Å². The van der Waals surface area contributed by atoms with E-state index in [1.807, 2.05) is 24.3 Å². The molecular weight excluding hydrogens is 324 g/mol. The maximum absolute atomic E-state index is 12.3. The van der Waals surface area contributed by atoms with Crippen LogP contribution in [0.25, 0.3) is 0 Å². The van der Waals surface area contributed by atoms with Crippen molar-refractivity contribution in [1.82, 2.24) is 5.48 Å². The molecule has 0 atom stereocenters. The van der Waals surface area contributed by atoms with Crippen molar-refractivity contribution < 1.29 is 24.3 Å². The molecular formula is C18H18N2O5. The van der Waals surface area contributed by atoms with Crippen molar-refractivity contribution in [3.8, 4) is 11.5 Å². The molecule has 7 nitrogen and oxygen atoms in total. The van der Waals surface area contributed by atoms with Crippen LogP contribution in [0.4, 0.5) is 5.69 Å². The minimum Gasteiger partial charge on any atom is -0.492 e. The van der Waals surface area contributed by atoms with Gasteiger partial charge >= 0.3 is 0 Å². The third kappa shape index (κ3) is 3.89. The van der Waals surface area contributed by atoms with Crippen LogP contribution in [0, 0.1) is 0 Å². The van der Waals surface area contributed by atoms with Crippen molar-refractivity contribution in [3.63, 3.8) is 0 Å². The number of anilines is 1. The van der Waals surface area contributed by atoms with Crippen LogP contribution >= 0.6 is 0 Å². The maximum atomic E-state index is 12.3. The number of nitrogens with zero attached hydrogens (tertiary/aromatic N) is 1. The van der Waals surface area contributed by atoms with Crippen molar-refractivity contribution in [2.45, 2.75) is 6.42 Å². The molecule has 0 radical (unpaired) electrons. The molecule has 0 bridgehead atoms. The number of nitrogens with one attached hydrogen (secondary N) is 1. The normalized spacial score (nSPS) is 13.5. The summed E-state index contributed by atoms with van der Waals surface area (Å²) in [6.07, 6.45) is 0.319. The predicted octanol–water partition coefficient (Wildman–Crippen LogP) is 2.00. The van der Waals surface area contributed by atoms with Gasteiger partial charge in [0.15, 0.2) is 0 Å². The molecule has 7 heteroatoms. The number of carbonyl (C=O) groups is 2. The second kappa shape index (κ2) is 7.67. The Morgan fingerprint density at radius 3 is 2.72 bits per heavy atom.